The zero-order chi connectivity index (χ0) is 16.4. The van der Waals surface area contributed by atoms with E-state index in [0.717, 1.165) is 55.1 Å². The highest BCUT2D eigenvalue weighted by molar-refractivity contribution is 6.03. The van der Waals surface area contributed by atoms with Crippen LogP contribution < -0.4 is 15.5 Å². The Hall–Kier alpha value is -2.66. The molecular formula is C19H20N4O. The van der Waals surface area contributed by atoms with Crippen molar-refractivity contribution in [3.8, 4) is 0 Å². The number of amidine groups is 1. The first-order valence-corrected chi connectivity index (χ1v) is 8.31. The van der Waals surface area contributed by atoms with Gasteiger partial charge in [-0.15, -0.1) is 0 Å². The Kier molecular flexibility index (Phi) is 4.01. The van der Waals surface area contributed by atoms with Crippen LogP contribution >= 0.6 is 0 Å². The van der Waals surface area contributed by atoms with Crippen molar-refractivity contribution in [1.29, 1.82) is 0 Å². The van der Waals surface area contributed by atoms with Crippen molar-refractivity contribution in [1.82, 2.24) is 10.6 Å². The molecule has 122 valence electrons. The summed E-state index contributed by atoms with van der Waals surface area (Å²) in [5.74, 6) is 0.748. The van der Waals surface area contributed by atoms with E-state index >= 15 is 0 Å². The molecule has 1 saturated heterocycles. The van der Waals surface area contributed by atoms with Gasteiger partial charge in [-0.05, 0) is 30.3 Å². The molecule has 5 nitrogen and oxygen atoms in total. The van der Waals surface area contributed by atoms with Gasteiger partial charge in [-0.1, -0.05) is 18.2 Å². The number of rotatable bonds is 3. The zero-order valence-corrected chi connectivity index (χ0v) is 13.4. The minimum atomic E-state index is -0.346. The van der Waals surface area contributed by atoms with E-state index in [2.05, 4.69) is 44.8 Å². The Morgan fingerprint density at radius 3 is 2.54 bits per heavy atom. The minimum Gasteiger partial charge on any atom is -0.369 e. The lowest BCUT2D eigenvalue weighted by atomic mass is 10.0. The third-order valence-corrected chi connectivity index (χ3v) is 4.56. The number of aliphatic imine (C=N–C) groups is 1. The molecule has 0 spiro atoms. The van der Waals surface area contributed by atoms with Gasteiger partial charge in [-0.3, -0.25) is 0 Å². The number of nitrogens with one attached hydrogen (secondary N) is 2. The zero-order valence-electron chi connectivity index (χ0n) is 13.4. The van der Waals surface area contributed by atoms with E-state index in [1.807, 2.05) is 24.3 Å². The molecule has 2 aliphatic rings. The van der Waals surface area contributed by atoms with Crippen LogP contribution in [0.5, 0.6) is 0 Å². The SMILES string of the molecule is O=CC1NC(c2ccc(N3CCNCC3)cc2)=Nc2ccccc21. The lowest BCUT2D eigenvalue weighted by Crippen LogP contribution is -2.43. The number of carbonyl (C=O) groups excluding carboxylic acids is 1. The lowest BCUT2D eigenvalue weighted by Gasteiger charge is -2.29. The predicted octanol–water partition coefficient (Wildman–Crippen LogP) is 2.02. The van der Waals surface area contributed by atoms with Crippen LogP contribution in [0.4, 0.5) is 11.4 Å². The molecule has 0 radical (unpaired) electrons. The van der Waals surface area contributed by atoms with Crippen LogP contribution in [0.3, 0.4) is 0 Å². The molecule has 2 N–H and O–H groups in total. The summed E-state index contributed by atoms with van der Waals surface area (Å²) in [5.41, 5.74) is 4.00. The second-order valence-corrected chi connectivity index (χ2v) is 6.06. The van der Waals surface area contributed by atoms with Gasteiger partial charge in [0.25, 0.3) is 0 Å². The van der Waals surface area contributed by atoms with Crippen LogP contribution in [0.1, 0.15) is 17.2 Å². The number of aldehydes is 1. The average Bonchev–Trinajstić information content (AvgIpc) is 2.68. The summed E-state index contributed by atoms with van der Waals surface area (Å²) in [7, 11) is 0. The molecule has 5 heteroatoms. The van der Waals surface area contributed by atoms with E-state index in [4.69, 9.17) is 0 Å². The fraction of sp³-hybridized carbons (Fsp3) is 0.263. The Balaban J connectivity index is 1.62. The first-order valence-electron chi connectivity index (χ1n) is 8.31. The molecule has 2 aliphatic heterocycles. The van der Waals surface area contributed by atoms with Gasteiger partial charge in [0.05, 0.1) is 5.69 Å². The largest absolute Gasteiger partial charge is 0.369 e. The van der Waals surface area contributed by atoms with E-state index in [0.29, 0.717) is 0 Å². The summed E-state index contributed by atoms with van der Waals surface area (Å²) in [6.07, 6.45) is 0.933. The molecule has 0 bridgehead atoms. The molecule has 2 heterocycles. The molecule has 0 amide bonds. The van der Waals surface area contributed by atoms with Gasteiger partial charge in [0.1, 0.15) is 18.2 Å². The number of carbonyl (C=O) groups is 1. The van der Waals surface area contributed by atoms with Crippen molar-refractivity contribution in [2.75, 3.05) is 31.1 Å². The standard InChI is InChI=1S/C19H20N4O/c24-13-18-16-3-1-2-4-17(16)21-19(22-18)14-5-7-15(8-6-14)23-11-9-20-10-12-23/h1-8,13,18,20H,9-12H2,(H,21,22). The minimum absolute atomic E-state index is 0.346. The van der Waals surface area contributed by atoms with Crippen LogP contribution in [0.25, 0.3) is 0 Å². The van der Waals surface area contributed by atoms with Crippen molar-refractivity contribution in [2.45, 2.75) is 6.04 Å². The molecule has 0 aromatic heterocycles. The Morgan fingerprint density at radius 1 is 1.04 bits per heavy atom. The van der Waals surface area contributed by atoms with Crippen molar-refractivity contribution in [3.63, 3.8) is 0 Å². The molecule has 0 saturated carbocycles. The van der Waals surface area contributed by atoms with Gasteiger partial charge in [0.15, 0.2) is 0 Å². The van der Waals surface area contributed by atoms with Gasteiger partial charge < -0.3 is 20.3 Å². The molecule has 0 aliphatic carbocycles. The Morgan fingerprint density at radius 2 is 1.79 bits per heavy atom. The van der Waals surface area contributed by atoms with Crippen molar-refractivity contribution < 1.29 is 4.79 Å². The number of nitrogens with zero attached hydrogens (tertiary/aromatic N) is 2. The lowest BCUT2D eigenvalue weighted by molar-refractivity contribution is -0.109. The number of piperazine rings is 1. The first-order chi connectivity index (χ1) is 11.8. The van der Waals surface area contributed by atoms with E-state index in [-0.39, 0.29) is 6.04 Å². The Bertz CT molecular complexity index is 763. The average molecular weight is 320 g/mol. The topological polar surface area (TPSA) is 56.7 Å². The van der Waals surface area contributed by atoms with E-state index in [9.17, 15) is 4.79 Å². The highest BCUT2D eigenvalue weighted by atomic mass is 16.1. The maximum Gasteiger partial charge on any atom is 0.146 e. The third-order valence-electron chi connectivity index (χ3n) is 4.56. The van der Waals surface area contributed by atoms with Crippen molar-refractivity contribution in [2.24, 2.45) is 4.99 Å². The summed E-state index contributed by atoms with van der Waals surface area (Å²) < 4.78 is 0. The van der Waals surface area contributed by atoms with Crippen LogP contribution in [-0.4, -0.2) is 38.3 Å². The number of hydrogen-bond acceptors (Lipinski definition) is 5. The molecule has 1 atom stereocenters. The summed E-state index contributed by atoms with van der Waals surface area (Å²) >= 11 is 0. The monoisotopic (exact) mass is 320 g/mol. The maximum atomic E-state index is 11.4. The van der Waals surface area contributed by atoms with Crippen molar-refractivity contribution >= 4 is 23.5 Å². The molecule has 24 heavy (non-hydrogen) atoms. The van der Waals surface area contributed by atoms with E-state index in [1.54, 1.807) is 0 Å². The maximum absolute atomic E-state index is 11.4. The van der Waals surface area contributed by atoms with Crippen LogP contribution in [0.15, 0.2) is 53.5 Å². The fourth-order valence-electron chi connectivity index (χ4n) is 3.24. The van der Waals surface area contributed by atoms with Gasteiger partial charge in [0, 0.05) is 43.0 Å². The quantitative estimate of drug-likeness (QED) is 0.850. The Labute approximate surface area is 141 Å². The van der Waals surface area contributed by atoms with Crippen LogP contribution in [0, 0.1) is 0 Å². The summed E-state index contributed by atoms with van der Waals surface area (Å²) in [4.78, 5) is 18.5. The first kappa shape index (κ1) is 14.9. The highest BCUT2D eigenvalue weighted by Gasteiger charge is 2.21. The normalized spacial score (nSPS) is 19.9. The molecule has 2 aromatic carbocycles. The van der Waals surface area contributed by atoms with Gasteiger partial charge in [-0.2, -0.15) is 0 Å². The van der Waals surface area contributed by atoms with Gasteiger partial charge in [-0.25, -0.2) is 4.99 Å². The molecular weight excluding hydrogens is 300 g/mol. The van der Waals surface area contributed by atoms with Gasteiger partial charge in [0.2, 0.25) is 0 Å². The van der Waals surface area contributed by atoms with Crippen LogP contribution in [0.2, 0.25) is 0 Å². The van der Waals surface area contributed by atoms with E-state index < -0.39 is 0 Å². The third kappa shape index (κ3) is 2.78. The number of fused-ring (bicyclic) bond motifs is 1. The summed E-state index contributed by atoms with van der Waals surface area (Å²) in [5, 5.41) is 6.60. The number of benzene rings is 2. The smallest absolute Gasteiger partial charge is 0.146 e. The van der Waals surface area contributed by atoms with Gasteiger partial charge >= 0.3 is 0 Å². The van der Waals surface area contributed by atoms with E-state index in [1.165, 1.54) is 5.69 Å². The molecule has 1 unspecified atom stereocenters. The molecule has 4 rings (SSSR count). The highest BCUT2D eigenvalue weighted by Crippen LogP contribution is 2.29. The second-order valence-electron chi connectivity index (χ2n) is 6.06. The predicted molar refractivity (Wildman–Crippen MR) is 96.1 cm³/mol. The summed E-state index contributed by atoms with van der Waals surface area (Å²) in [6, 6.07) is 15.8. The fourth-order valence-corrected chi connectivity index (χ4v) is 3.24. The van der Waals surface area contributed by atoms with Crippen molar-refractivity contribution in [3.05, 3.63) is 59.7 Å². The number of para-hydroxylation sites is 1. The number of anilines is 1. The molecule has 2 aromatic rings. The molecule has 1 fully saturated rings. The summed E-state index contributed by atoms with van der Waals surface area (Å²) in [6.45, 7) is 4.10. The number of hydrogen-bond donors (Lipinski definition) is 2. The second kappa shape index (κ2) is 6.45. The van der Waals surface area contributed by atoms with Crippen LogP contribution in [-0.2, 0) is 4.79 Å².